The Hall–Kier alpha value is -2.50. The number of nitrogens with one attached hydrogen (secondary N) is 2. The first kappa shape index (κ1) is 15.9. The number of amides is 1. The van der Waals surface area contributed by atoms with Crippen LogP contribution >= 0.6 is 0 Å². The monoisotopic (exact) mass is 303 g/mol. The van der Waals surface area contributed by atoms with Gasteiger partial charge in [-0.05, 0) is 38.5 Å². The van der Waals surface area contributed by atoms with Gasteiger partial charge in [0.2, 0.25) is 5.91 Å². The number of aryl methyl sites for hydroxylation is 2. The minimum absolute atomic E-state index is 0.158. The van der Waals surface area contributed by atoms with Crippen molar-refractivity contribution < 1.29 is 9.53 Å². The summed E-state index contributed by atoms with van der Waals surface area (Å²) in [5, 5.41) is 2.83. The summed E-state index contributed by atoms with van der Waals surface area (Å²) in [7, 11) is 1.56. The van der Waals surface area contributed by atoms with Gasteiger partial charge in [-0.25, -0.2) is 4.79 Å². The van der Waals surface area contributed by atoms with E-state index in [-0.39, 0.29) is 18.0 Å². The van der Waals surface area contributed by atoms with E-state index in [1.54, 1.807) is 11.7 Å². The lowest BCUT2D eigenvalue weighted by molar-refractivity contribution is -0.116. The molecule has 6 nitrogen and oxygen atoms in total. The van der Waals surface area contributed by atoms with E-state index in [9.17, 15) is 9.59 Å². The number of nitrogens with zero attached hydrogens (tertiary/aromatic N) is 1. The van der Waals surface area contributed by atoms with Gasteiger partial charge < -0.3 is 15.0 Å². The largest absolute Gasteiger partial charge is 0.495 e. The number of aromatic nitrogens is 2. The lowest BCUT2D eigenvalue weighted by atomic mass is 10.2. The van der Waals surface area contributed by atoms with Gasteiger partial charge in [0.25, 0.3) is 0 Å². The van der Waals surface area contributed by atoms with Crippen molar-refractivity contribution in [3.8, 4) is 5.75 Å². The highest BCUT2D eigenvalue weighted by Gasteiger charge is 2.11. The number of hydrogen-bond acceptors (Lipinski definition) is 3. The molecule has 0 bridgehead atoms. The van der Waals surface area contributed by atoms with Crippen molar-refractivity contribution in [2.45, 2.75) is 33.7 Å². The number of hydrogen-bond donors (Lipinski definition) is 2. The first-order valence-corrected chi connectivity index (χ1v) is 7.13. The molecule has 0 saturated carbocycles. The molecule has 0 fully saturated rings. The molecule has 2 N–H and O–H groups in total. The number of carbonyl (C=O) groups excluding carboxylic acids is 1. The smallest absolute Gasteiger partial charge is 0.325 e. The number of methoxy groups -OCH3 is 1. The second-order valence-corrected chi connectivity index (χ2v) is 5.29. The Balaban J connectivity index is 2.05. The van der Waals surface area contributed by atoms with Crippen molar-refractivity contribution >= 4 is 11.6 Å². The van der Waals surface area contributed by atoms with Crippen molar-refractivity contribution in [2.75, 3.05) is 12.4 Å². The number of H-pyrrole nitrogens is 1. The summed E-state index contributed by atoms with van der Waals surface area (Å²) in [6.07, 6.45) is 0.217. The van der Waals surface area contributed by atoms with Crippen LogP contribution in [0, 0.1) is 20.8 Å². The van der Waals surface area contributed by atoms with E-state index in [1.165, 1.54) is 0 Å². The predicted molar refractivity (Wildman–Crippen MR) is 85.5 cm³/mol. The fourth-order valence-corrected chi connectivity index (χ4v) is 2.29. The van der Waals surface area contributed by atoms with E-state index in [4.69, 9.17) is 4.74 Å². The van der Waals surface area contributed by atoms with Gasteiger partial charge in [-0.2, -0.15) is 0 Å². The van der Waals surface area contributed by atoms with Crippen LogP contribution in [0.3, 0.4) is 0 Å². The summed E-state index contributed by atoms with van der Waals surface area (Å²) in [6.45, 7) is 5.98. The Kier molecular flexibility index (Phi) is 4.70. The summed E-state index contributed by atoms with van der Waals surface area (Å²) in [4.78, 5) is 26.6. The molecular formula is C16H21N3O3. The average molecular weight is 303 g/mol. The van der Waals surface area contributed by atoms with Crippen LogP contribution in [0.1, 0.15) is 23.4 Å². The number of aromatic amines is 1. The number of benzene rings is 1. The summed E-state index contributed by atoms with van der Waals surface area (Å²) in [6, 6.07) is 5.59. The molecule has 1 heterocycles. The van der Waals surface area contributed by atoms with Crippen LogP contribution in [-0.2, 0) is 11.3 Å². The van der Waals surface area contributed by atoms with Crippen LogP contribution in [0.2, 0.25) is 0 Å². The van der Waals surface area contributed by atoms with Crippen LogP contribution in [0.25, 0.3) is 0 Å². The molecule has 0 spiro atoms. The Morgan fingerprint density at radius 2 is 2.05 bits per heavy atom. The zero-order chi connectivity index (χ0) is 16.3. The Labute approximate surface area is 129 Å². The van der Waals surface area contributed by atoms with E-state index < -0.39 is 0 Å². The normalized spacial score (nSPS) is 10.5. The fourth-order valence-electron chi connectivity index (χ4n) is 2.29. The maximum absolute atomic E-state index is 12.1. The number of anilines is 1. The molecular weight excluding hydrogens is 282 g/mol. The second kappa shape index (κ2) is 6.51. The molecule has 0 atom stereocenters. The Morgan fingerprint density at radius 3 is 2.64 bits per heavy atom. The molecule has 1 aromatic heterocycles. The van der Waals surface area contributed by atoms with Gasteiger partial charge in [0.1, 0.15) is 5.75 Å². The Morgan fingerprint density at radius 1 is 1.32 bits per heavy atom. The number of ether oxygens (including phenoxy) is 1. The highest BCUT2D eigenvalue weighted by molar-refractivity contribution is 5.92. The quantitative estimate of drug-likeness (QED) is 0.888. The first-order chi connectivity index (χ1) is 10.4. The third kappa shape index (κ3) is 3.39. The molecule has 0 unspecified atom stereocenters. The van der Waals surface area contributed by atoms with Crippen molar-refractivity contribution in [3.63, 3.8) is 0 Å². The van der Waals surface area contributed by atoms with E-state index in [0.717, 1.165) is 17.0 Å². The minimum Gasteiger partial charge on any atom is -0.495 e. The van der Waals surface area contributed by atoms with Gasteiger partial charge in [-0.1, -0.05) is 6.07 Å². The lowest BCUT2D eigenvalue weighted by Crippen LogP contribution is -2.22. The molecule has 2 rings (SSSR count). The van der Waals surface area contributed by atoms with E-state index in [1.807, 2.05) is 39.0 Å². The zero-order valence-electron chi connectivity index (χ0n) is 13.3. The molecule has 1 aromatic carbocycles. The highest BCUT2D eigenvalue weighted by atomic mass is 16.5. The zero-order valence-corrected chi connectivity index (χ0v) is 13.3. The average Bonchev–Trinajstić information content (AvgIpc) is 2.70. The summed E-state index contributed by atoms with van der Waals surface area (Å²) in [5.41, 5.74) is 3.17. The molecule has 1 amide bonds. The summed E-state index contributed by atoms with van der Waals surface area (Å²) < 4.78 is 6.80. The molecule has 0 aliphatic heterocycles. The van der Waals surface area contributed by atoms with E-state index in [0.29, 0.717) is 18.0 Å². The van der Waals surface area contributed by atoms with Gasteiger partial charge in [0.05, 0.1) is 12.8 Å². The van der Waals surface area contributed by atoms with Crippen molar-refractivity contribution in [1.82, 2.24) is 9.55 Å². The second-order valence-electron chi connectivity index (χ2n) is 5.29. The SMILES string of the molecule is COc1ccc(C)cc1NC(=O)CCn1c(C)c(C)[nH]c1=O. The molecule has 0 saturated heterocycles. The summed E-state index contributed by atoms with van der Waals surface area (Å²) in [5.74, 6) is 0.457. The van der Waals surface area contributed by atoms with Gasteiger partial charge in [-0.3, -0.25) is 9.36 Å². The molecule has 118 valence electrons. The van der Waals surface area contributed by atoms with Crippen LogP contribution in [0.15, 0.2) is 23.0 Å². The molecule has 0 radical (unpaired) electrons. The highest BCUT2D eigenvalue weighted by Crippen LogP contribution is 2.25. The number of carbonyl (C=O) groups is 1. The minimum atomic E-state index is -0.184. The Bertz CT molecular complexity index is 744. The van der Waals surface area contributed by atoms with Crippen molar-refractivity contribution in [3.05, 3.63) is 45.6 Å². The van der Waals surface area contributed by atoms with E-state index in [2.05, 4.69) is 10.3 Å². The maximum atomic E-state index is 12.1. The maximum Gasteiger partial charge on any atom is 0.325 e. The van der Waals surface area contributed by atoms with Crippen LogP contribution < -0.4 is 15.7 Å². The third-order valence-electron chi connectivity index (χ3n) is 3.68. The fraction of sp³-hybridized carbons (Fsp3) is 0.375. The van der Waals surface area contributed by atoms with E-state index >= 15 is 0 Å². The molecule has 0 aliphatic rings. The van der Waals surface area contributed by atoms with Crippen molar-refractivity contribution in [2.24, 2.45) is 0 Å². The molecule has 2 aromatic rings. The number of rotatable bonds is 5. The van der Waals surface area contributed by atoms with Gasteiger partial charge in [0.15, 0.2) is 0 Å². The van der Waals surface area contributed by atoms with Crippen LogP contribution in [0.4, 0.5) is 5.69 Å². The first-order valence-electron chi connectivity index (χ1n) is 7.13. The molecule has 0 aliphatic carbocycles. The van der Waals surface area contributed by atoms with Crippen LogP contribution in [0.5, 0.6) is 5.75 Å². The summed E-state index contributed by atoms with van der Waals surface area (Å²) >= 11 is 0. The van der Waals surface area contributed by atoms with Crippen molar-refractivity contribution in [1.29, 1.82) is 0 Å². The van der Waals surface area contributed by atoms with Gasteiger partial charge >= 0.3 is 5.69 Å². The van der Waals surface area contributed by atoms with Gasteiger partial charge in [0, 0.05) is 24.4 Å². The molecule has 6 heteroatoms. The number of imidazole rings is 1. The topological polar surface area (TPSA) is 76.1 Å². The standard InChI is InChI=1S/C16H21N3O3/c1-10-5-6-14(22-4)13(9-10)18-15(20)7-8-19-12(3)11(2)17-16(19)21/h5-6,9H,7-8H2,1-4H3,(H,17,21)(H,18,20). The predicted octanol–water partition coefficient (Wildman–Crippen LogP) is 2.14. The van der Waals surface area contributed by atoms with Gasteiger partial charge in [-0.15, -0.1) is 0 Å². The van der Waals surface area contributed by atoms with Crippen LogP contribution in [-0.4, -0.2) is 22.6 Å². The molecule has 22 heavy (non-hydrogen) atoms. The third-order valence-corrected chi connectivity index (χ3v) is 3.68. The lowest BCUT2D eigenvalue weighted by Gasteiger charge is -2.11.